The first kappa shape index (κ1) is 23.4. The summed E-state index contributed by atoms with van der Waals surface area (Å²) in [7, 11) is 0. The summed E-state index contributed by atoms with van der Waals surface area (Å²) in [4.78, 5) is 19.3. The summed E-state index contributed by atoms with van der Waals surface area (Å²) < 4.78 is 11.5. The molecule has 1 aliphatic heterocycles. The number of furan rings is 1. The highest BCUT2D eigenvalue weighted by Crippen LogP contribution is 2.39. The predicted molar refractivity (Wildman–Crippen MR) is 126 cm³/mol. The number of hydrogen-bond acceptors (Lipinski definition) is 5. The molecule has 1 aliphatic rings. The molecule has 1 saturated heterocycles. The van der Waals surface area contributed by atoms with Gasteiger partial charge in [-0.05, 0) is 36.8 Å². The lowest BCUT2D eigenvalue weighted by atomic mass is 9.86. The van der Waals surface area contributed by atoms with Crippen molar-refractivity contribution in [2.75, 3.05) is 13.1 Å². The first-order chi connectivity index (χ1) is 15.9. The van der Waals surface area contributed by atoms with E-state index in [9.17, 15) is 4.79 Å². The van der Waals surface area contributed by atoms with Gasteiger partial charge in [-0.1, -0.05) is 40.9 Å². The van der Waals surface area contributed by atoms with Crippen molar-refractivity contribution >= 4 is 40.7 Å². The maximum absolute atomic E-state index is 13.3. The van der Waals surface area contributed by atoms with Crippen LogP contribution in [-0.2, 0) is 6.42 Å². The number of rotatable bonds is 6. The van der Waals surface area contributed by atoms with Crippen LogP contribution in [0.25, 0.3) is 0 Å². The largest absolute Gasteiger partial charge is 0.474 e. The number of carbonyl (C=O) groups is 1. The van der Waals surface area contributed by atoms with Crippen molar-refractivity contribution < 1.29 is 13.9 Å². The first-order valence-corrected chi connectivity index (χ1v) is 11.5. The van der Waals surface area contributed by atoms with Gasteiger partial charge in [-0.3, -0.25) is 4.79 Å². The molecule has 0 aliphatic carbocycles. The van der Waals surface area contributed by atoms with Crippen LogP contribution in [0, 0.1) is 17.2 Å². The molecule has 0 spiro atoms. The Labute approximate surface area is 206 Å². The molecule has 1 amide bonds. The van der Waals surface area contributed by atoms with Crippen LogP contribution in [0.15, 0.2) is 53.3 Å². The normalized spacial score (nSPS) is 18.7. The summed E-state index contributed by atoms with van der Waals surface area (Å²) in [5, 5.41) is 10.5. The van der Waals surface area contributed by atoms with E-state index in [1.807, 2.05) is 25.1 Å². The zero-order chi connectivity index (χ0) is 23.5. The Balaban J connectivity index is 1.62. The number of amides is 1. The molecule has 3 atom stereocenters. The SMILES string of the molecule is CC(Oc1ccc(Cl)cn1)C1CN(C(=O)c2ccoc2CC#N)CC1c1ccc(Cl)c(Cl)c1. The molecule has 0 saturated carbocycles. The molecule has 0 bridgehead atoms. The fraction of sp³-hybridized carbons (Fsp3) is 0.292. The minimum Gasteiger partial charge on any atom is -0.474 e. The zero-order valence-electron chi connectivity index (χ0n) is 17.7. The van der Waals surface area contributed by atoms with E-state index in [0.717, 1.165) is 5.56 Å². The molecule has 9 heteroatoms. The van der Waals surface area contributed by atoms with Crippen molar-refractivity contribution in [3.8, 4) is 11.9 Å². The highest BCUT2D eigenvalue weighted by atomic mass is 35.5. The number of halogens is 3. The van der Waals surface area contributed by atoms with Gasteiger partial charge in [-0.25, -0.2) is 4.98 Å². The highest BCUT2D eigenvalue weighted by Gasteiger charge is 2.41. The van der Waals surface area contributed by atoms with Gasteiger partial charge in [0.25, 0.3) is 5.91 Å². The van der Waals surface area contributed by atoms with Crippen molar-refractivity contribution in [1.82, 2.24) is 9.88 Å². The lowest BCUT2D eigenvalue weighted by Gasteiger charge is -2.25. The summed E-state index contributed by atoms with van der Waals surface area (Å²) in [5.74, 6) is 0.549. The van der Waals surface area contributed by atoms with Gasteiger partial charge in [-0.2, -0.15) is 5.26 Å². The quantitative estimate of drug-likeness (QED) is 0.410. The van der Waals surface area contributed by atoms with Gasteiger partial charge < -0.3 is 14.1 Å². The maximum Gasteiger partial charge on any atom is 0.257 e. The van der Waals surface area contributed by atoms with Crippen LogP contribution in [0.2, 0.25) is 15.1 Å². The van der Waals surface area contributed by atoms with E-state index < -0.39 is 0 Å². The van der Waals surface area contributed by atoms with Gasteiger partial charge in [0.15, 0.2) is 0 Å². The molecular formula is C24H20Cl3N3O3. The molecule has 0 N–H and O–H groups in total. The third kappa shape index (κ3) is 5.11. The zero-order valence-corrected chi connectivity index (χ0v) is 19.9. The van der Waals surface area contributed by atoms with Gasteiger partial charge in [0, 0.05) is 37.2 Å². The minimum absolute atomic E-state index is 0.0311. The van der Waals surface area contributed by atoms with Crippen LogP contribution in [0.1, 0.15) is 34.5 Å². The van der Waals surface area contributed by atoms with Crippen LogP contribution in [0.4, 0.5) is 0 Å². The number of nitrogens with zero attached hydrogens (tertiary/aromatic N) is 3. The third-order valence-electron chi connectivity index (χ3n) is 5.85. The number of likely N-dealkylation sites (tertiary alicyclic amines) is 1. The molecule has 33 heavy (non-hydrogen) atoms. The Morgan fingerprint density at radius 1 is 1.24 bits per heavy atom. The van der Waals surface area contributed by atoms with Gasteiger partial charge in [-0.15, -0.1) is 0 Å². The Bertz CT molecular complexity index is 1190. The molecule has 170 valence electrons. The van der Waals surface area contributed by atoms with Crippen molar-refractivity contribution in [2.45, 2.75) is 25.4 Å². The molecule has 3 aromatic rings. The first-order valence-electron chi connectivity index (χ1n) is 10.3. The van der Waals surface area contributed by atoms with Gasteiger partial charge in [0.05, 0.1) is 39.4 Å². The highest BCUT2D eigenvalue weighted by molar-refractivity contribution is 6.42. The monoisotopic (exact) mass is 503 g/mol. The molecule has 3 unspecified atom stereocenters. The summed E-state index contributed by atoms with van der Waals surface area (Å²) in [6, 6.07) is 12.6. The second kappa shape index (κ2) is 10.0. The lowest BCUT2D eigenvalue weighted by Crippen LogP contribution is -2.32. The van der Waals surface area contributed by atoms with E-state index in [0.29, 0.717) is 45.4 Å². The number of nitriles is 1. The Hall–Kier alpha value is -2.72. The van der Waals surface area contributed by atoms with E-state index >= 15 is 0 Å². The fourth-order valence-electron chi connectivity index (χ4n) is 4.19. The van der Waals surface area contributed by atoms with Gasteiger partial charge in [0.1, 0.15) is 11.9 Å². The molecule has 1 fully saturated rings. The van der Waals surface area contributed by atoms with Gasteiger partial charge >= 0.3 is 0 Å². The van der Waals surface area contributed by atoms with E-state index in [1.165, 1.54) is 12.5 Å². The predicted octanol–water partition coefficient (Wildman–Crippen LogP) is 6.02. The number of carbonyl (C=O) groups excluding carboxylic acids is 1. The molecular weight excluding hydrogens is 485 g/mol. The molecule has 6 nitrogen and oxygen atoms in total. The van der Waals surface area contributed by atoms with Crippen LogP contribution in [-0.4, -0.2) is 35.0 Å². The molecule has 1 aromatic carbocycles. The Morgan fingerprint density at radius 2 is 2.06 bits per heavy atom. The number of pyridine rings is 1. The lowest BCUT2D eigenvalue weighted by molar-refractivity contribution is 0.0767. The number of aromatic nitrogens is 1. The van der Waals surface area contributed by atoms with Crippen LogP contribution in [0.5, 0.6) is 5.88 Å². The minimum atomic E-state index is -0.265. The molecule has 4 rings (SSSR count). The summed E-state index contributed by atoms with van der Waals surface area (Å²) >= 11 is 18.3. The Kier molecular flexibility index (Phi) is 7.14. The second-order valence-electron chi connectivity index (χ2n) is 7.88. The number of ether oxygens (including phenoxy) is 1. The average Bonchev–Trinajstić information content (AvgIpc) is 3.45. The topological polar surface area (TPSA) is 79.4 Å². The fourth-order valence-corrected chi connectivity index (χ4v) is 4.60. The van der Waals surface area contributed by atoms with Crippen LogP contribution < -0.4 is 4.74 Å². The van der Waals surface area contributed by atoms with Gasteiger partial charge in [0.2, 0.25) is 5.88 Å². The Morgan fingerprint density at radius 3 is 2.76 bits per heavy atom. The molecule has 2 aromatic heterocycles. The summed E-state index contributed by atoms with van der Waals surface area (Å²) in [5.41, 5.74) is 1.37. The van der Waals surface area contributed by atoms with E-state index in [1.54, 1.807) is 29.2 Å². The van der Waals surface area contributed by atoms with E-state index in [-0.39, 0.29) is 30.3 Å². The second-order valence-corrected chi connectivity index (χ2v) is 9.13. The third-order valence-corrected chi connectivity index (χ3v) is 6.81. The smallest absolute Gasteiger partial charge is 0.257 e. The standard InChI is InChI=1S/C24H20Cl3N3O3/c1-14(33-23-5-3-16(25)11-29-23)18-12-30(24(31)17-7-9-32-22(17)6-8-28)13-19(18)15-2-4-20(26)21(27)10-15/h2-5,7,9-11,14,18-19H,6,12-13H2,1H3. The van der Waals surface area contributed by atoms with Crippen molar-refractivity contribution in [2.24, 2.45) is 5.92 Å². The summed E-state index contributed by atoms with van der Waals surface area (Å²) in [6.45, 7) is 2.87. The number of benzene rings is 1. The van der Waals surface area contributed by atoms with Crippen molar-refractivity contribution in [1.29, 1.82) is 5.26 Å². The average molecular weight is 505 g/mol. The van der Waals surface area contributed by atoms with Crippen molar-refractivity contribution in [3.63, 3.8) is 0 Å². The number of hydrogen-bond donors (Lipinski definition) is 0. The van der Waals surface area contributed by atoms with Crippen molar-refractivity contribution in [3.05, 3.63) is 80.8 Å². The molecule has 3 heterocycles. The van der Waals surface area contributed by atoms with Crippen LogP contribution >= 0.6 is 34.8 Å². The van der Waals surface area contributed by atoms with E-state index in [2.05, 4.69) is 4.98 Å². The van der Waals surface area contributed by atoms with E-state index in [4.69, 9.17) is 49.2 Å². The maximum atomic E-state index is 13.3. The summed E-state index contributed by atoms with van der Waals surface area (Å²) in [6.07, 6.45) is 2.73. The molecule has 0 radical (unpaired) electrons. The van der Waals surface area contributed by atoms with Crippen LogP contribution in [0.3, 0.4) is 0 Å².